The number of alkyl halides is 2. The topological polar surface area (TPSA) is 57.9 Å². The van der Waals surface area contributed by atoms with Crippen LogP contribution in [0.2, 0.25) is 0 Å². The zero-order valence-electron chi connectivity index (χ0n) is 6.81. The minimum absolute atomic E-state index is 0.121. The van der Waals surface area contributed by atoms with Crippen molar-refractivity contribution in [3.05, 3.63) is 29.8 Å². The number of nitriles is 1. The van der Waals surface area contributed by atoms with Crippen molar-refractivity contribution in [2.24, 2.45) is 0 Å². The molecule has 0 aliphatic heterocycles. The first-order valence-corrected chi connectivity index (χ1v) is 6.88. The van der Waals surface area contributed by atoms with E-state index in [2.05, 4.69) is 31.9 Å². The summed E-state index contributed by atoms with van der Waals surface area (Å²) >= 11 is 5.85. The van der Waals surface area contributed by atoms with Crippen LogP contribution < -0.4 is 0 Å². The standard InChI is InChI=1S/C8H5Br2NO2S/c9-8(10)14(12,13)7-3-1-2-6(4-7)5-11/h1-4,8H. The summed E-state index contributed by atoms with van der Waals surface area (Å²) in [6.07, 6.45) is 0. The minimum Gasteiger partial charge on any atom is -0.222 e. The predicted octanol–water partition coefficient (Wildman–Crippen LogP) is 2.41. The molecule has 0 aliphatic carbocycles. The first-order valence-electron chi connectivity index (χ1n) is 3.50. The second-order valence-corrected chi connectivity index (χ2v) is 8.75. The number of sulfone groups is 1. The van der Waals surface area contributed by atoms with Crippen molar-refractivity contribution in [2.45, 2.75) is 7.96 Å². The summed E-state index contributed by atoms with van der Waals surface area (Å²) in [6, 6.07) is 7.76. The van der Waals surface area contributed by atoms with Gasteiger partial charge in [0.05, 0.1) is 16.5 Å². The van der Waals surface area contributed by atoms with Crippen molar-refractivity contribution < 1.29 is 8.42 Å². The highest BCUT2D eigenvalue weighted by Crippen LogP contribution is 2.24. The van der Waals surface area contributed by atoms with Gasteiger partial charge in [-0.15, -0.1) is 0 Å². The smallest absolute Gasteiger partial charge is 0.201 e. The lowest BCUT2D eigenvalue weighted by Crippen LogP contribution is -2.08. The fraction of sp³-hybridized carbons (Fsp3) is 0.125. The second kappa shape index (κ2) is 4.43. The van der Waals surface area contributed by atoms with E-state index in [1.807, 2.05) is 6.07 Å². The number of halogens is 2. The van der Waals surface area contributed by atoms with Crippen molar-refractivity contribution in [2.75, 3.05) is 0 Å². The predicted molar refractivity (Wildman–Crippen MR) is 60.0 cm³/mol. The van der Waals surface area contributed by atoms with E-state index in [1.165, 1.54) is 18.2 Å². The molecule has 0 spiro atoms. The van der Waals surface area contributed by atoms with Gasteiger partial charge in [-0.3, -0.25) is 0 Å². The Morgan fingerprint density at radius 2 is 2.00 bits per heavy atom. The Kier molecular flexibility index (Phi) is 3.70. The highest BCUT2D eigenvalue weighted by Gasteiger charge is 2.22. The number of nitrogens with zero attached hydrogens (tertiary/aromatic N) is 1. The van der Waals surface area contributed by atoms with Crippen LogP contribution in [0, 0.1) is 11.3 Å². The Hall–Kier alpha value is -0.380. The van der Waals surface area contributed by atoms with Crippen molar-refractivity contribution in [3.63, 3.8) is 0 Å². The van der Waals surface area contributed by atoms with Crippen LogP contribution >= 0.6 is 31.9 Å². The van der Waals surface area contributed by atoms with E-state index in [1.54, 1.807) is 6.07 Å². The third-order valence-electron chi connectivity index (χ3n) is 1.53. The molecule has 14 heavy (non-hydrogen) atoms. The molecule has 0 aliphatic rings. The van der Waals surface area contributed by atoms with Gasteiger partial charge < -0.3 is 0 Å². The monoisotopic (exact) mass is 337 g/mol. The summed E-state index contributed by atoms with van der Waals surface area (Å²) in [4.78, 5) is 0.121. The summed E-state index contributed by atoms with van der Waals surface area (Å²) in [6.45, 7) is 0. The van der Waals surface area contributed by atoms with Gasteiger partial charge in [-0.2, -0.15) is 5.26 Å². The van der Waals surface area contributed by atoms with Gasteiger partial charge in [-0.25, -0.2) is 8.42 Å². The largest absolute Gasteiger partial charge is 0.222 e. The maximum Gasteiger partial charge on any atom is 0.201 e. The van der Waals surface area contributed by atoms with Gasteiger partial charge in [0.15, 0.2) is 3.07 Å². The number of rotatable bonds is 2. The van der Waals surface area contributed by atoms with Crippen LogP contribution in [0.3, 0.4) is 0 Å². The van der Waals surface area contributed by atoms with E-state index < -0.39 is 12.9 Å². The van der Waals surface area contributed by atoms with Gasteiger partial charge in [0.25, 0.3) is 0 Å². The first kappa shape index (κ1) is 11.7. The molecule has 0 heterocycles. The molecule has 0 N–H and O–H groups in total. The van der Waals surface area contributed by atoms with E-state index in [0.29, 0.717) is 5.56 Å². The summed E-state index contributed by atoms with van der Waals surface area (Å²) in [5.41, 5.74) is 0.326. The van der Waals surface area contributed by atoms with Crippen molar-refractivity contribution in [3.8, 4) is 6.07 Å². The SMILES string of the molecule is N#Cc1cccc(S(=O)(=O)C(Br)Br)c1. The van der Waals surface area contributed by atoms with Gasteiger partial charge in [-0.1, -0.05) is 37.9 Å². The Balaban J connectivity index is 3.29. The molecule has 1 aromatic carbocycles. The molecule has 0 fully saturated rings. The lowest BCUT2D eigenvalue weighted by molar-refractivity contribution is 0.600. The fourth-order valence-electron chi connectivity index (χ4n) is 0.845. The maximum atomic E-state index is 11.6. The Morgan fingerprint density at radius 1 is 1.36 bits per heavy atom. The summed E-state index contributed by atoms with van der Waals surface area (Å²) in [5, 5.41) is 8.60. The molecule has 3 nitrogen and oxygen atoms in total. The van der Waals surface area contributed by atoms with Gasteiger partial charge >= 0.3 is 0 Å². The van der Waals surface area contributed by atoms with E-state index in [4.69, 9.17) is 5.26 Å². The summed E-state index contributed by atoms with van der Waals surface area (Å²) < 4.78 is 22.4. The summed E-state index contributed by atoms with van der Waals surface area (Å²) in [7, 11) is -3.43. The van der Waals surface area contributed by atoms with Crippen molar-refractivity contribution >= 4 is 41.7 Å². The van der Waals surface area contributed by atoms with Crippen LogP contribution in [0.5, 0.6) is 0 Å². The Morgan fingerprint density at radius 3 is 2.50 bits per heavy atom. The number of hydrogen-bond donors (Lipinski definition) is 0. The average Bonchev–Trinajstić information content (AvgIpc) is 2.17. The first-order chi connectivity index (χ1) is 6.48. The Bertz CT molecular complexity index is 476. The lowest BCUT2D eigenvalue weighted by atomic mass is 10.2. The van der Waals surface area contributed by atoms with E-state index >= 15 is 0 Å². The third kappa shape index (κ3) is 2.35. The normalized spacial score (nSPS) is 11.3. The minimum atomic E-state index is -3.43. The molecule has 0 amide bonds. The van der Waals surface area contributed by atoms with Crippen molar-refractivity contribution in [1.82, 2.24) is 0 Å². The van der Waals surface area contributed by atoms with Gasteiger partial charge in [0.1, 0.15) is 0 Å². The lowest BCUT2D eigenvalue weighted by Gasteiger charge is -2.04. The molecule has 0 bridgehead atoms. The highest BCUT2D eigenvalue weighted by atomic mass is 79.9. The van der Waals surface area contributed by atoms with E-state index in [0.717, 1.165) is 0 Å². The molecular formula is C8H5Br2NO2S. The number of benzene rings is 1. The van der Waals surface area contributed by atoms with Crippen LogP contribution in [0.4, 0.5) is 0 Å². The molecule has 0 radical (unpaired) electrons. The molecule has 0 saturated carbocycles. The maximum absolute atomic E-state index is 11.6. The van der Waals surface area contributed by atoms with Crippen LogP contribution in [0.25, 0.3) is 0 Å². The van der Waals surface area contributed by atoms with Gasteiger partial charge in [0.2, 0.25) is 9.84 Å². The molecular weight excluding hydrogens is 334 g/mol. The molecule has 1 rings (SSSR count). The summed E-state index contributed by atoms with van der Waals surface area (Å²) in [5.74, 6) is 0. The van der Waals surface area contributed by atoms with E-state index in [9.17, 15) is 8.42 Å². The molecule has 0 aromatic heterocycles. The van der Waals surface area contributed by atoms with Crippen LogP contribution in [0.1, 0.15) is 5.56 Å². The third-order valence-corrected chi connectivity index (χ3v) is 5.86. The number of hydrogen-bond acceptors (Lipinski definition) is 3. The van der Waals surface area contributed by atoms with Crippen LogP contribution in [-0.4, -0.2) is 11.5 Å². The molecule has 0 saturated heterocycles. The average molecular weight is 339 g/mol. The second-order valence-electron chi connectivity index (χ2n) is 2.45. The molecule has 0 unspecified atom stereocenters. The van der Waals surface area contributed by atoms with Gasteiger partial charge in [0, 0.05) is 0 Å². The van der Waals surface area contributed by atoms with Crippen LogP contribution in [-0.2, 0) is 9.84 Å². The zero-order valence-corrected chi connectivity index (χ0v) is 10.8. The van der Waals surface area contributed by atoms with Crippen molar-refractivity contribution in [1.29, 1.82) is 5.26 Å². The molecule has 0 atom stereocenters. The zero-order chi connectivity index (χ0) is 10.8. The van der Waals surface area contributed by atoms with Gasteiger partial charge in [-0.05, 0) is 18.2 Å². The highest BCUT2D eigenvalue weighted by molar-refractivity contribution is 9.27. The molecule has 74 valence electrons. The molecule has 1 aromatic rings. The van der Waals surface area contributed by atoms with E-state index in [-0.39, 0.29) is 4.90 Å². The Labute approximate surface area is 98.9 Å². The molecule has 6 heteroatoms. The van der Waals surface area contributed by atoms with Crippen LogP contribution in [0.15, 0.2) is 29.2 Å². The quantitative estimate of drug-likeness (QED) is 0.778. The fourth-order valence-corrected chi connectivity index (χ4v) is 2.91.